The molecule has 1 aliphatic heterocycles. The molecule has 2 rings (SSSR count). The monoisotopic (exact) mass is 166 g/mol. The smallest absolute Gasteiger partial charge is 0.310 e. The van der Waals surface area contributed by atoms with Gasteiger partial charge in [-0.15, -0.1) is 0 Å². The van der Waals surface area contributed by atoms with E-state index in [0.717, 1.165) is 12.8 Å². The van der Waals surface area contributed by atoms with E-state index in [4.69, 9.17) is 4.74 Å². The van der Waals surface area contributed by atoms with Crippen molar-refractivity contribution < 1.29 is 9.53 Å². The molecule has 2 aliphatic rings. The predicted octanol–water partition coefficient (Wildman–Crippen LogP) is 1.90. The van der Waals surface area contributed by atoms with Crippen LogP contribution < -0.4 is 0 Å². The van der Waals surface area contributed by atoms with Crippen LogP contribution in [0.15, 0.2) is 12.2 Å². The summed E-state index contributed by atoms with van der Waals surface area (Å²) >= 11 is 0. The van der Waals surface area contributed by atoms with Crippen LogP contribution in [-0.2, 0) is 9.53 Å². The maximum Gasteiger partial charge on any atom is 0.310 e. The lowest BCUT2D eigenvalue weighted by Gasteiger charge is -2.27. The van der Waals surface area contributed by atoms with Crippen molar-refractivity contribution in [3.05, 3.63) is 12.2 Å². The fraction of sp³-hybridized carbons (Fsp3) is 0.700. The summed E-state index contributed by atoms with van der Waals surface area (Å²) in [6.07, 6.45) is 6.10. The Morgan fingerprint density at radius 3 is 2.75 bits per heavy atom. The molecule has 0 spiro atoms. The number of hydrogen-bond acceptors (Lipinski definition) is 2. The molecule has 0 bridgehead atoms. The average molecular weight is 166 g/mol. The van der Waals surface area contributed by atoms with Crippen LogP contribution in [0.5, 0.6) is 0 Å². The van der Waals surface area contributed by atoms with Gasteiger partial charge < -0.3 is 4.74 Å². The second-order valence-corrected chi connectivity index (χ2v) is 4.18. The van der Waals surface area contributed by atoms with Gasteiger partial charge in [-0.05, 0) is 26.7 Å². The number of hydrogen-bond donors (Lipinski definition) is 0. The second-order valence-electron chi connectivity index (χ2n) is 4.18. The molecule has 0 aromatic rings. The van der Waals surface area contributed by atoms with Crippen molar-refractivity contribution in [3.63, 3.8) is 0 Å². The highest BCUT2D eigenvalue weighted by Gasteiger charge is 2.49. The molecule has 0 unspecified atom stereocenters. The van der Waals surface area contributed by atoms with E-state index in [1.807, 2.05) is 13.8 Å². The summed E-state index contributed by atoms with van der Waals surface area (Å²) in [5.74, 6) is 0.523. The predicted molar refractivity (Wildman–Crippen MR) is 45.5 cm³/mol. The Morgan fingerprint density at radius 2 is 2.08 bits per heavy atom. The first-order valence-corrected chi connectivity index (χ1v) is 4.49. The number of esters is 1. The summed E-state index contributed by atoms with van der Waals surface area (Å²) in [6, 6.07) is 0. The molecular formula is C10H14O2. The van der Waals surface area contributed by atoms with E-state index >= 15 is 0 Å². The second kappa shape index (κ2) is 2.35. The Hall–Kier alpha value is -0.790. The summed E-state index contributed by atoms with van der Waals surface area (Å²) in [4.78, 5) is 11.4. The Kier molecular flexibility index (Phi) is 1.53. The lowest BCUT2D eigenvalue weighted by atomic mass is 9.77. The third kappa shape index (κ3) is 0.977. The summed E-state index contributed by atoms with van der Waals surface area (Å²) in [5.41, 5.74) is -0.244. The van der Waals surface area contributed by atoms with Crippen LogP contribution in [-0.4, -0.2) is 11.6 Å². The fourth-order valence-electron chi connectivity index (χ4n) is 2.25. The van der Waals surface area contributed by atoms with Crippen molar-refractivity contribution in [2.45, 2.75) is 32.3 Å². The van der Waals surface area contributed by atoms with E-state index in [9.17, 15) is 4.79 Å². The lowest BCUT2D eigenvalue weighted by Crippen LogP contribution is -2.30. The molecule has 0 aromatic heterocycles. The van der Waals surface area contributed by atoms with Crippen LogP contribution in [0.1, 0.15) is 26.7 Å². The largest absolute Gasteiger partial charge is 0.459 e. The van der Waals surface area contributed by atoms with Gasteiger partial charge in [-0.25, -0.2) is 0 Å². The molecule has 0 saturated carbocycles. The molecule has 2 atom stereocenters. The van der Waals surface area contributed by atoms with Crippen molar-refractivity contribution in [1.82, 2.24) is 0 Å². The number of allylic oxidation sites excluding steroid dienone is 2. The Labute approximate surface area is 72.6 Å². The van der Waals surface area contributed by atoms with Crippen LogP contribution in [0.3, 0.4) is 0 Å². The molecule has 2 heteroatoms. The molecule has 1 aliphatic carbocycles. The van der Waals surface area contributed by atoms with Gasteiger partial charge in [0.1, 0.15) is 5.60 Å². The van der Waals surface area contributed by atoms with E-state index < -0.39 is 0 Å². The first-order chi connectivity index (χ1) is 5.61. The Bertz CT molecular complexity index is 240. The van der Waals surface area contributed by atoms with Gasteiger partial charge in [0.05, 0.1) is 5.92 Å². The van der Waals surface area contributed by atoms with Gasteiger partial charge in [0.2, 0.25) is 0 Å². The molecule has 0 radical (unpaired) electrons. The standard InChI is InChI=1S/C10H14O2/c1-10(2)8-6-4-3-5-7(8)9(11)12-10/h3-4,7-8H,5-6H2,1-2H3/t7-,8+/m0/s1. The minimum atomic E-state index is -0.244. The summed E-state index contributed by atoms with van der Waals surface area (Å²) in [6.45, 7) is 4.02. The number of rotatable bonds is 0. The van der Waals surface area contributed by atoms with E-state index in [1.54, 1.807) is 0 Å². The van der Waals surface area contributed by atoms with Gasteiger partial charge in [0, 0.05) is 5.92 Å². The molecule has 0 N–H and O–H groups in total. The molecule has 2 nitrogen and oxygen atoms in total. The van der Waals surface area contributed by atoms with Crippen molar-refractivity contribution in [3.8, 4) is 0 Å². The Morgan fingerprint density at radius 1 is 1.42 bits per heavy atom. The molecule has 66 valence electrons. The Balaban J connectivity index is 2.29. The fourth-order valence-corrected chi connectivity index (χ4v) is 2.25. The first kappa shape index (κ1) is 7.84. The minimum Gasteiger partial charge on any atom is -0.459 e. The van der Waals surface area contributed by atoms with E-state index in [0.29, 0.717) is 5.92 Å². The zero-order valence-electron chi connectivity index (χ0n) is 7.54. The summed E-state index contributed by atoms with van der Waals surface area (Å²) in [7, 11) is 0. The third-order valence-electron chi connectivity index (χ3n) is 2.99. The summed E-state index contributed by atoms with van der Waals surface area (Å²) < 4.78 is 5.32. The van der Waals surface area contributed by atoms with Crippen LogP contribution in [0.2, 0.25) is 0 Å². The van der Waals surface area contributed by atoms with Crippen LogP contribution in [0.25, 0.3) is 0 Å². The van der Waals surface area contributed by atoms with E-state index in [1.165, 1.54) is 0 Å². The number of carbonyl (C=O) groups is 1. The number of carbonyl (C=O) groups excluding carboxylic acids is 1. The molecule has 0 aromatic carbocycles. The van der Waals surface area contributed by atoms with Gasteiger partial charge in [-0.1, -0.05) is 12.2 Å². The molecule has 0 amide bonds. The molecular weight excluding hydrogens is 152 g/mol. The highest BCUT2D eigenvalue weighted by atomic mass is 16.6. The van der Waals surface area contributed by atoms with Gasteiger partial charge in [0.25, 0.3) is 0 Å². The zero-order valence-corrected chi connectivity index (χ0v) is 7.54. The van der Waals surface area contributed by atoms with Gasteiger partial charge in [0.15, 0.2) is 0 Å². The molecule has 12 heavy (non-hydrogen) atoms. The third-order valence-corrected chi connectivity index (χ3v) is 2.99. The van der Waals surface area contributed by atoms with Crippen molar-refractivity contribution >= 4 is 5.97 Å². The maximum atomic E-state index is 11.4. The normalized spacial score (nSPS) is 37.7. The molecule has 1 heterocycles. The maximum absolute atomic E-state index is 11.4. The first-order valence-electron chi connectivity index (χ1n) is 4.49. The van der Waals surface area contributed by atoms with E-state index in [-0.39, 0.29) is 17.5 Å². The van der Waals surface area contributed by atoms with E-state index in [2.05, 4.69) is 12.2 Å². The number of ether oxygens (including phenoxy) is 1. The van der Waals surface area contributed by atoms with Crippen LogP contribution >= 0.6 is 0 Å². The van der Waals surface area contributed by atoms with Crippen molar-refractivity contribution in [2.75, 3.05) is 0 Å². The van der Waals surface area contributed by atoms with Crippen LogP contribution in [0.4, 0.5) is 0 Å². The van der Waals surface area contributed by atoms with Crippen molar-refractivity contribution in [1.29, 1.82) is 0 Å². The minimum absolute atomic E-state index is 0.00523. The van der Waals surface area contributed by atoms with Gasteiger partial charge in [-0.2, -0.15) is 0 Å². The zero-order chi connectivity index (χ0) is 8.77. The van der Waals surface area contributed by atoms with Crippen LogP contribution in [0, 0.1) is 11.8 Å². The number of fused-ring (bicyclic) bond motifs is 1. The molecule has 1 fully saturated rings. The SMILES string of the molecule is CC1(C)OC(=O)[C@H]2CC=CC[C@H]21. The summed E-state index contributed by atoms with van der Waals surface area (Å²) in [5, 5.41) is 0. The number of cyclic esters (lactones) is 1. The topological polar surface area (TPSA) is 26.3 Å². The van der Waals surface area contributed by atoms with Gasteiger partial charge >= 0.3 is 5.97 Å². The van der Waals surface area contributed by atoms with Crippen molar-refractivity contribution in [2.24, 2.45) is 11.8 Å². The highest BCUT2D eigenvalue weighted by Crippen LogP contribution is 2.43. The average Bonchev–Trinajstić information content (AvgIpc) is 2.25. The molecule has 1 saturated heterocycles. The quantitative estimate of drug-likeness (QED) is 0.406. The lowest BCUT2D eigenvalue weighted by molar-refractivity contribution is -0.148. The highest BCUT2D eigenvalue weighted by molar-refractivity contribution is 5.76. The van der Waals surface area contributed by atoms with Gasteiger partial charge in [-0.3, -0.25) is 4.79 Å².